The highest BCUT2D eigenvalue weighted by Crippen LogP contribution is 2.39. The summed E-state index contributed by atoms with van der Waals surface area (Å²) < 4.78 is 19.8. The van der Waals surface area contributed by atoms with Crippen molar-refractivity contribution in [2.45, 2.75) is 26.0 Å². The van der Waals surface area contributed by atoms with E-state index in [9.17, 15) is 4.39 Å². The number of hydrogen-bond acceptors (Lipinski definition) is 5. The predicted molar refractivity (Wildman–Crippen MR) is 113 cm³/mol. The van der Waals surface area contributed by atoms with E-state index in [1.165, 1.54) is 22.6 Å². The van der Waals surface area contributed by atoms with Crippen LogP contribution in [-0.2, 0) is 13.0 Å². The topological polar surface area (TPSA) is 60.2 Å². The fourth-order valence-corrected chi connectivity index (χ4v) is 5.08. The second-order valence-corrected chi connectivity index (χ2v) is 8.53. The van der Waals surface area contributed by atoms with E-state index in [1.807, 2.05) is 6.07 Å². The van der Waals surface area contributed by atoms with Crippen LogP contribution in [0.25, 0.3) is 10.4 Å². The number of halogens is 3. The summed E-state index contributed by atoms with van der Waals surface area (Å²) in [6.07, 6.45) is 2.16. The summed E-state index contributed by atoms with van der Waals surface area (Å²) >= 11 is 14.1. The van der Waals surface area contributed by atoms with Crippen molar-refractivity contribution < 1.29 is 9.13 Å². The highest BCUT2D eigenvalue weighted by molar-refractivity contribution is 7.15. The number of pyridine rings is 1. The fourth-order valence-electron chi connectivity index (χ4n) is 3.24. The first-order chi connectivity index (χ1) is 13.4. The smallest absolute Gasteiger partial charge is 0.166 e. The molecule has 0 spiro atoms. The Kier molecular flexibility index (Phi) is 5.47. The first kappa shape index (κ1) is 19.5. The van der Waals surface area contributed by atoms with Crippen molar-refractivity contribution in [3.63, 3.8) is 0 Å². The van der Waals surface area contributed by atoms with Crippen molar-refractivity contribution in [3.05, 3.63) is 62.3 Å². The van der Waals surface area contributed by atoms with Gasteiger partial charge in [0.1, 0.15) is 11.9 Å². The molecule has 0 aliphatic carbocycles. The molecule has 28 heavy (non-hydrogen) atoms. The third-order valence-electron chi connectivity index (χ3n) is 4.70. The van der Waals surface area contributed by atoms with Gasteiger partial charge in [0.25, 0.3) is 0 Å². The molecule has 0 radical (unpaired) electrons. The van der Waals surface area contributed by atoms with E-state index in [4.69, 9.17) is 33.7 Å². The van der Waals surface area contributed by atoms with Crippen LogP contribution in [0.4, 0.5) is 10.2 Å². The van der Waals surface area contributed by atoms with Crippen molar-refractivity contribution in [3.8, 4) is 16.2 Å². The van der Waals surface area contributed by atoms with E-state index in [0.717, 1.165) is 30.0 Å². The summed E-state index contributed by atoms with van der Waals surface area (Å²) in [4.78, 5) is 6.77. The Morgan fingerprint density at radius 3 is 2.93 bits per heavy atom. The van der Waals surface area contributed by atoms with Gasteiger partial charge in [0.2, 0.25) is 0 Å². The van der Waals surface area contributed by atoms with Crippen LogP contribution < -0.4 is 15.8 Å². The quantitative estimate of drug-likeness (QED) is 0.519. The molecule has 0 fully saturated rings. The van der Waals surface area contributed by atoms with Crippen molar-refractivity contribution in [1.82, 2.24) is 10.3 Å². The minimum Gasteiger partial charge on any atom is -0.482 e. The minimum atomic E-state index is -0.601. The van der Waals surface area contributed by atoms with Gasteiger partial charge in [0.15, 0.2) is 11.6 Å². The van der Waals surface area contributed by atoms with Crippen molar-refractivity contribution in [2.24, 2.45) is 0 Å². The Bertz CT molecular complexity index is 1020. The van der Waals surface area contributed by atoms with E-state index in [1.54, 1.807) is 24.5 Å². The molecule has 1 aliphatic rings. The zero-order valence-corrected chi connectivity index (χ0v) is 17.4. The Morgan fingerprint density at radius 1 is 1.32 bits per heavy atom. The van der Waals surface area contributed by atoms with E-state index in [2.05, 4.69) is 16.4 Å². The fraction of sp³-hybridized carbons (Fsp3) is 0.250. The lowest BCUT2D eigenvalue weighted by atomic mass is 10.1. The van der Waals surface area contributed by atoms with Crippen molar-refractivity contribution in [2.75, 3.05) is 12.3 Å². The van der Waals surface area contributed by atoms with Crippen LogP contribution >= 0.6 is 34.5 Å². The van der Waals surface area contributed by atoms with Crippen LogP contribution in [0.1, 0.15) is 29.0 Å². The number of rotatable bonds is 4. The van der Waals surface area contributed by atoms with Gasteiger partial charge in [-0.25, -0.2) is 9.37 Å². The second-order valence-electron chi connectivity index (χ2n) is 6.61. The van der Waals surface area contributed by atoms with Crippen LogP contribution in [-0.4, -0.2) is 11.5 Å². The second kappa shape index (κ2) is 7.87. The van der Waals surface area contributed by atoms with Gasteiger partial charge in [-0.1, -0.05) is 23.2 Å². The number of aromatic nitrogens is 1. The molecule has 0 unspecified atom stereocenters. The van der Waals surface area contributed by atoms with E-state index in [0.29, 0.717) is 16.3 Å². The number of thiophene rings is 1. The number of hydrogen-bond donors (Lipinski definition) is 2. The maximum Gasteiger partial charge on any atom is 0.166 e. The minimum absolute atomic E-state index is 0.0545. The maximum absolute atomic E-state index is 13.8. The number of fused-ring (bicyclic) bond motifs is 1. The molecule has 0 saturated heterocycles. The predicted octanol–water partition coefficient (Wildman–Crippen LogP) is 5.62. The third kappa shape index (κ3) is 3.70. The molecule has 0 bridgehead atoms. The summed E-state index contributed by atoms with van der Waals surface area (Å²) in [5.41, 5.74) is 8.64. The molecule has 3 aromatic rings. The highest BCUT2D eigenvalue weighted by atomic mass is 35.5. The number of nitrogens with zero attached hydrogens (tertiary/aromatic N) is 1. The molecule has 1 aliphatic heterocycles. The van der Waals surface area contributed by atoms with Gasteiger partial charge < -0.3 is 15.8 Å². The van der Waals surface area contributed by atoms with Crippen molar-refractivity contribution >= 4 is 40.4 Å². The summed E-state index contributed by atoms with van der Waals surface area (Å²) in [5.74, 6) is 0.113. The number of nitrogens with one attached hydrogen (secondary N) is 1. The molecule has 4 rings (SSSR count). The first-order valence-electron chi connectivity index (χ1n) is 8.82. The number of benzene rings is 1. The number of nitrogens with two attached hydrogens (primary N) is 1. The van der Waals surface area contributed by atoms with Gasteiger partial charge in [-0.15, -0.1) is 11.3 Å². The molecule has 8 heteroatoms. The van der Waals surface area contributed by atoms with Gasteiger partial charge in [0, 0.05) is 45.2 Å². The monoisotopic (exact) mass is 437 g/mol. The molecule has 1 aromatic carbocycles. The zero-order valence-electron chi connectivity index (χ0n) is 15.1. The maximum atomic E-state index is 13.8. The SMILES string of the molecule is C[C@@H](Oc1cc(-c2cc3c(s2)CCNC3)cnc1N)c1c(Cl)ccc(F)c1Cl. The van der Waals surface area contributed by atoms with Crippen LogP contribution in [0.5, 0.6) is 5.75 Å². The molecule has 146 valence electrons. The number of ether oxygens (including phenoxy) is 1. The number of anilines is 1. The summed E-state index contributed by atoms with van der Waals surface area (Å²) in [6.45, 7) is 3.62. The van der Waals surface area contributed by atoms with Gasteiger partial charge >= 0.3 is 0 Å². The standard InChI is InChI=1S/C20H18Cl2FN3OS/c1-10(18-13(21)2-3-14(23)19(18)22)27-15-6-11(9-26-20(15)24)17-7-12-8-25-5-4-16(12)28-17/h2-3,6-7,9-10,25H,4-5,8H2,1H3,(H2,24,26)/t10-/m1/s1. The molecule has 0 saturated carbocycles. The molecule has 4 nitrogen and oxygen atoms in total. The Hall–Kier alpha value is -1.86. The average molecular weight is 438 g/mol. The summed E-state index contributed by atoms with van der Waals surface area (Å²) in [7, 11) is 0. The van der Waals surface area contributed by atoms with Crippen LogP contribution in [0.15, 0.2) is 30.5 Å². The molecule has 3 heterocycles. The normalized spacial score (nSPS) is 14.6. The van der Waals surface area contributed by atoms with Gasteiger partial charge in [-0.2, -0.15) is 0 Å². The van der Waals surface area contributed by atoms with E-state index >= 15 is 0 Å². The Morgan fingerprint density at radius 2 is 2.14 bits per heavy atom. The van der Waals surface area contributed by atoms with Crippen LogP contribution in [0, 0.1) is 5.82 Å². The van der Waals surface area contributed by atoms with E-state index < -0.39 is 11.9 Å². The third-order valence-corrected chi connectivity index (χ3v) is 6.70. The molecular weight excluding hydrogens is 420 g/mol. The molecule has 3 N–H and O–H groups in total. The van der Waals surface area contributed by atoms with Gasteiger partial charge in [-0.3, -0.25) is 0 Å². The lowest BCUT2D eigenvalue weighted by molar-refractivity contribution is 0.227. The lowest BCUT2D eigenvalue weighted by Gasteiger charge is -2.19. The van der Waals surface area contributed by atoms with Crippen LogP contribution in [0.2, 0.25) is 10.0 Å². The van der Waals surface area contributed by atoms with Gasteiger partial charge in [0.05, 0.1) is 5.02 Å². The highest BCUT2D eigenvalue weighted by Gasteiger charge is 2.21. The lowest BCUT2D eigenvalue weighted by Crippen LogP contribution is -2.21. The van der Waals surface area contributed by atoms with Crippen LogP contribution in [0.3, 0.4) is 0 Å². The average Bonchev–Trinajstić information content (AvgIpc) is 3.11. The van der Waals surface area contributed by atoms with Crippen molar-refractivity contribution in [1.29, 1.82) is 0 Å². The molecule has 0 amide bonds. The zero-order chi connectivity index (χ0) is 19.8. The molecule has 1 atom stereocenters. The summed E-state index contributed by atoms with van der Waals surface area (Å²) in [6, 6.07) is 6.71. The first-order valence-corrected chi connectivity index (χ1v) is 10.4. The largest absolute Gasteiger partial charge is 0.482 e. The van der Waals surface area contributed by atoms with E-state index in [-0.39, 0.29) is 10.8 Å². The number of nitrogen functional groups attached to an aromatic ring is 1. The molecule has 2 aromatic heterocycles. The molecular formula is C20H18Cl2FN3OS. The Labute approximate surface area is 176 Å². The Balaban J connectivity index is 1.65. The summed E-state index contributed by atoms with van der Waals surface area (Å²) in [5, 5.41) is 3.66. The van der Waals surface area contributed by atoms with Gasteiger partial charge in [-0.05, 0) is 43.2 Å².